The smallest absolute Gasteiger partial charge is 0.178 e. The van der Waals surface area contributed by atoms with E-state index in [1.54, 1.807) is 12.1 Å². The van der Waals surface area contributed by atoms with Gasteiger partial charge in [-0.3, -0.25) is 0 Å². The zero-order chi connectivity index (χ0) is 13.8. The van der Waals surface area contributed by atoms with Gasteiger partial charge in [0.05, 0.1) is 10.6 Å². The fraction of sp³-hybridized carbons (Fsp3) is 0.571. The Morgan fingerprint density at radius 1 is 1.06 bits per heavy atom. The summed E-state index contributed by atoms with van der Waals surface area (Å²) < 4.78 is 24.0. The fourth-order valence-electron chi connectivity index (χ4n) is 1.67. The lowest BCUT2D eigenvalue weighted by molar-refractivity contribution is 0.585. The summed E-state index contributed by atoms with van der Waals surface area (Å²) in [6, 6.07) is 7.20. The van der Waals surface area contributed by atoms with Gasteiger partial charge in [0.25, 0.3) is 0 Å². The molecule has 0 saturated heterocycles. The maximum absolute atomic E-state index is 12.0. The molecule has 0 aliphatic heterocycles. The summed E-state index contributed by atoms with van der Waals surface area (Å²) in [6.07, 6.45) is 1.35. The van der Waals surface area contributed by atoms with Crippen molar-refractivity contribution in [2.75, 3.05) is 11.6 Å². The molecule has 4 heteroatoms. The molecule has 0 amide bonds. The molecular weight excluding hydrogens is 268 g/mol. The van der Waals surface area contributed by atoms with Gasteiger partial charge in [-0.05, 0) is 36.0 Å². The highest BCUT2D eigenvalue weighted by molar-refractivity contribution is 7.91. The molecule has 0 bridgehead atoms. The van der Waals surface area contributed by atoms with Crippen LogP contribution in [-0.4, -0.2) is 20.1 Å². The predicted octanol–water partition coefficient (Wildman–Crippen LogP) is 3.78. The van der Waals surface area contributed by atoms with Crippen LogP contribution in [0.5, 0.6) is 0 Å². The molecule has 1 rings (SSSR count). The molecule has 0 fully saturated rings. The average molecular weight is 289 g/mol. The highest BCUT2D eigenvalue weighted by atomic mass is 35.5. The second kappa shape index (κ2) is 6.07. The molecule has 0 unspecified atom stereocenters. The number of halogens is 1. The highest BCUT2D eigenvalue weighted by Crippen LogP contribution is 2.24. The molecular formula is C14H21ClO2S. The van der Waals surface area contributed by atoms with Crippen molar-refractivity contribution < 1.29 is 8.42 Å². The van der Waals surface area contributed by atoms with Crippen molar-refractivity contribution in [1.82, 2.24) is 0 Å². The van der Waals surface area contributed by atoms with Gasteiger partial charge in [-0.1, -0.05) is 32.9 Å². The first-order chi connectivity index (χ1) is 8.27. The zero-order valence-electron chi connectivity index (χ0n) is 11.2. The first kappa shape index (κ1) is 15.5. The van der Waals surface area contributed by atoms with Crippen molar-refractivity contribution in [1.29, 1.82) is 0 Å². The Hall–Kier alpha value is -0.540. The van der Waals surface area contributed by atoms with Gasteiger partial charge in [-0.2, -0.15) is 0 Å². The Morgan fingerprint density at radius 2 is 1.61 bits per heavy atom. The van der Waals surface area contributed by atoms with Crippen LogP contribution in [0.15, 0.2) is 29.2 Å². The molecule has 18 heavy (non-hydrogen) atoms. The summed E-state index contributed by atoms with van der Waals surface area (Å²) in [6.45, 7) is 6.32. The van der Waals surface area contributed by atoms with Crippen LogP contribution >= 0.6 is 11.6 Å². The molecule has 0 spiro atoms. The number of unbranched alkanes of at least 4 members (excludes halogenated alkanes) is 1. The predicted molar refractivity (Wildman–Crippen MR) is 77.1 cm³/mol. The topological polar surface area (TPSA) is 34.1 Å². The number of rotatable bonds is 5. The highest BCUT2D eigenvalue weighted by Gasteiger charge is 2.17. The molecule has 0 N–H and O–H groups in total. The Morgan fingerprint density at radius 3 is 2.06 bits per heavy atom. The maximum atomic E-state index is 12.0. The molecule has 0 radical (unpaired) electrons. The molecule has 2 nitrogen and oxygen atoms in total. The van der Waals surface area contributed by atoms with Crippen molar-refractivity contribution in [3.05, 3.63) is 29.8 Å². The van der Waals surface area contributed by atoms with Gasteiger partial charge in [0, 0.05) is 5.88 Å². The summed E-state index contributed by atoms with van der Waals surface area (Å²) in [5.41, 5.74) is 1.18. The fourth-order valence-corrected chi connectivity index (χ4v) is 3.23. The van der Waals surface area contributed by atoms with Crippen molar-refractivity contribution in [2.24, 2.45) is 0 Å². The summed E-state index contributed by atoms with van der Waals surface area (Å²) in [4.78, 5) is 0.407. The molecule has 1 aromatic rings. The Bertz CT molecular complexity index is 470. The molecule has 0 saturated carbocycles. The molecule has 0 atom stereocenters. The van der Waals surface area contributed by atoms with Crippen molar-refractivity contribution in [3.8, 4) is 0 Å². The van der Waals surface area contributed by atoms with E-state index in [0.29, 0.717) is 17.2 Å². The van der Waals surface area contributed by atoms with E-state index in [2.05, 4.69) is 20.8 Å². The lowest BCUT2D eigenvalue weighted by Crippen LogP contribution is -2.12. The summed E-state index contributed by atoms with van der Waals surface area (Å²) in [5, 5.41) is 0. The van der Waals surface area contributed by atoms with Gasteiger partial charge in [-0.25, -0.2) is 8.42 Å². The van der Waals surface area contributed by atoms with E-state index in [9.17, 15) is 8.42 Å². The number of hydrogen-bond donors (Lipinski definition) is 0. The van der Waals surface area contributed by atoms with E-state index < -0.39 is 9.84 Å². The normalized spacial score (nSPS) is 12.7. The standard InChI is InChI=1S/C14H21ClO2S/c1-14(2,3)12-6-8-13(9-7-12)18(16,17)11-5-4-10-15/h6-9H,4-5,10-11H2,1-3H3. The van der Waals surface area contributed by atoms with E-state index in [1.807, 2.05) is 12.1 Å². The summed E-state index contributed by atoms with van der Waals surface area (Å²) in [5.74, 6) is 0.688. The van der Waals surface area contributed by atoms with Crippen LogP contribution in [0.3, 0.4) is 0 Å². The van der Waals surface area contributed by atoms with Gasteiger partial charge in [-0.15, -0.1) is 11.6 Å². The van der Waals surface area contributed by atoms with E-state index in [1.165, 1.54) is 0 Å². The monoisotopic (exact) mass is 288 g/mol. The molecule has 0 aromatic heterocycles. The van der Waals surface area contributed by atoms with Gasteiger partial charge in [0.1, 0.15) is 0 Å². The molecule has 0 aliphatic rings. The summed E-state index contributed by atoms with van der Waals surface area (Å²) >= 11 is 5.55. The lowest BCUT2D eigenvalue weighted by Gasteiger charge is -2.19. The Kier molecular flexibility index (Phi) is 5.23. The van der Waals surface area contributed by atoms with Crippen LogP contribution in [-0.2, 0) is 15.3 Å². The first-order valence-electron chi connectivity index (χ1n) is 6.16. The van der Waals surface area contributed by atoms with Gasteiger partial charge in [0.2, 0.25) is 0 Å². The first-order valence-corrected chi connectivity index (χ1v) is 8.35. The second-order valence-electron chi connectivity index (χ2n) is 5.49. The Balaban J connectivity index is 2.85. The van der Waals surface area contributed by atoms with Gasteiger partial charge < -0.3 is 0 Å². The molecule has 102 valence electrons. The van der Waals surface area contributed by atoms with E-state index in [4.69, 9.17) is 11.6 Å². The third-order valence-corrected chi connectivity index (χ3v) is 4.96. The molecule has 0 aliphatic carbocycles. The molecule has 0 heterocycles. The average Bonchev–Trinajstić information content (AvgIpc) is 2.28. The van der Waals surface area contributed by atoms with Crippen LogP contribution in [0.1, 0.15) is 39.2 Å². The minimum Gasteiger partial charge on any atom is -0.224 e. The van der Waals surface area contributed by atoms with Crippen LogP contribution < -0.4 is 0 Å². The minimum atomic E-state index is -3.15. The van der Waals surface area contributed by atoms with Gasteiger partial charge >= 0.3 is 0 Å². The number of sulfone groups is 1. The number of benzene rings is 1. The maximum Gasteiger partial charge on any atom is 0.178 e. The van der Waals surface area contributed by atoms with E-state index in [0.717, 1.165) is 12.0 Å². The minimum absolute atomic E-state index is 0.0426. The van der Waals surface area contributed by atoms with Crippen molar-refractivity contribution >= 4 is 21.4 Å². The lowest BCUT2D eigenvalue weighted by atomic mass is 9.87. The quantitative estimate of drug-likeness (QED) is 0.610. The van der Waals surface area contributed by atoms with Gasteiger partial charge in [0.15, 0.2) is 9.84 Å². The van der Waals surface area contributed by atoms with Crippen molar-refractivity contribution in [3.63, 3.8) is 0 Å². The third-order valence-electron chi connectivity index (χ3n) is 2.88. The number of hydrogen-bond acceptors (Lipinski definition) is 2. The Labute approximate surface area is 115 Å². The zero-order valence-corrected chi connectivity index (χ0v) is 12.8. The van der Waals surface area contributed by atoms with Crippen molar-refractivity contribution in [2.45, 2.75) is 43.9 Å². The molecule has 1 aromatic carbocycles. The van der Waals surface area contributed by atoms with Crippen LogP contribution in [0.4, 0.5) is 0 Å². The van der Waals surface area contributed by atoms with E-state index in [-0.39, 0.29) is 11.2 Å². The van der Waals surface area contributed by atoms with E-state index >= 15 is 0 Å². The van der Waals surface area contributed by atoms with Crippen LogP contribution in [0, 0.1) is 0 Å². The SMILES string of the molecule is CC(C)(C)c1ccc(S(=O)(=O)CCCCCl)cc1. The van der Waals surface area contributed by atoms with Crippen LogP contribution in [0.25, 0.3) is 0 Å². The number of alkyl halides is 1. The van der Waals surface area contributed by atoms with Crippen LogP contribution in [0.2, 0.25) is 0 Å². The summed E-state index contributed by atoms with van der Waals surface area (Å²) in [7, 11) is -3.15. The largest absolute Gasteiger partial charge is 0.224 e. The second-order valence-corrected chi connectivity index (χ2v) is 7.98. The third kappa shape index (κ3) is 4.29.